The van der Waals surface area contributed by atoms with Gasteiger partial charge in [0.25, 0.3) is 0 Å². The van der Waals surface area contributed by atoms with Crippen molar-refractivity contribution in [2.24, 2.45) is 28.6 Å². The molecule has 10 unspecified atom stereocenters. The summed E-state index contributed by atoms with van der Waals surface area (Å²) in [4.78, 5) is 13.6. The summed E-state index contributed by atoms with van der Waals surface area (Å²) in [5.41, 5.74) is -5.92. The fourth-order valence-electron chi connectivity index (χ4n) is 7.87. The molecule has 4 aliphatic carbocycles. The van der Waals surface area contributed by atoms with E-state index in [2.05, 4.69) is 0 Å². The Morgan fingerprint density at radius 2 is 1.73 bits per heavy atom. The van der Waals surface area contributed by atoms with Crippen molar-refractivity contribution in [3.8, 4) is 0 Å². The largest absolute Gasteiger partial charge is 0.390 e. The minimum Gasteiger partial charge on any atom is -0.390 e. The summed E-state index contributed by atoms with van der Waals surface area (Å²) in [5.74, 6) is -1.54. The Morgan fingerprint density at radius 3 is 2.38 bits per heavy atom. The number of aliphatic hydroxyl groups excluding tert-OH is 1. The number of Topliss-reactive ketones (excluding diaryl/α,β-unsaturated/α-hetero) is 1. The SMILES string of the molecule is CC1(O)CC23CC1CCC2C(C)(O)C1C2OC2C(C)(C)C1(O)C(O)C3=O. The van der Waals surface area contributed by atoms with Crippen molar-refractivity contribution in [3.63, 3.8) is 0 Å². The molecule has 0 amide bonds. The van der Waals surface area contributed by atoms with Crippen LogP contribution in [0.1, 0.15) is 53.4 Å². The number of aliphatic hydroxyl groups is 4. The van der Waals surface area contributed by atoms with Crippen LogP contribution in [0.15, 0.2) is 0 Å². The van der Waals surface area contributed by atoms with Crippen molar-refractivity contribution in [2.75, 3.05) is 0 Å². The van der Waals surface area contributed by atoms with Gasteiger partial charge in [0, 0.05) is 22.7 Å². The molecule has 0 aromatic carbocycles. The van der Waals surface area contributed by atoms with E-state index in [1.54, 1.807) is 13.8 Å². The van der Waals surface area contributed by atoms with E-state index in [4.69, 9.17) is 4.74 Å². The number of epoxide rings is 1. The Balaban J connectivity index is 1.73. The van der Waals surface area contributed by atoms with Crippen LogP contribution in [0.25, 0.3) is 0 Å². The molecule has 0 aromatic heterocycles. The average Bonchev–Trinajstić information content (AvgIpc) is 3.24. The van der Waals surface area contributed by atoms with Crippen LogP contribution in [-0.4, -0.2) is 61.3 Å². The van der Waals surface area contributed by atoms with Crippen LogP contribution in [0, 0.1) is 28.6 Å². The van der Waals surface area contributed by atoms with E-state index >= 15 is 0 Å². The van der Waals surface area contributed by atoms with Gasteiger partial charge in [0.15, 0.2) is 5.78 Å². The predicted octanol–water partition coefficient (Wildman–Crippen LogP) is 0.393. The van der Waals surface area contributed by atoms with Gasteiger partial charge in [0.2, 0.25) is 0 Å². The topological polar surface area (TPSA) is 111 Å². The number of fused-ring (bicyclic) bond motifs is 4. The summed E-state index contributed by atoms with van der Waals surface area (Å²) in [5, 5.41) is 45.5. The van der Waals surface area contributed by atoms with Crippen LogP contribution < -0.4 is 0 Å². The van der Waals surface area contributed by atoms with Gasteiger partial charge in [-0.2, -0.15) is 0 Å². The molecular formula is C20H30O6. The molecule has 6 heteroatoms. The summed E-state index contributed by atoms with van der Waals surface area (Å²) in [6, 6.07) is 0. The monoisotopic (exact) mass is 366 g/mol. The standard InChI is InChI=1S/C20H30O6/c1-16(2)15-11(26-15)12-18(4,24)10-6-5-9-7-19(10,8-17(9,3)23)13(21)14(22)20(12,16)25/h9-12,14-15,22-25H,5-8H2,1-4H3. The Morgan fingerprint density at radius 1 is 1.08 bits per heavy atom. The maximum absolute atomic E-state index is 13.6. The second-order valence-electron chi connectivity index (χ2n) is 10.8. The third-order valence-electron chi connectivity index (χ3n) is 9.20. The molecule has 146 valence electrons. The molecule has 1 heterocycles. The zero-order valence-electron chi connectivity index (χ0n) is 15.9. The first kappa shape index (κ1) is 17.6. The van der Waals surface area contributed by atoms with Crippen molar-refractivity contribution in [2.45, 2.75) is 88.5 Å². The highest BCUT2D eigenvalue weighted by molar-refractivity contribution is 5.92. The van der Waals surface area contributed by atoms with Crippen LogP contribution in [0.4, 0.5) is 0 Å². The van der Waals surface area contributed by atoms with Crippen LogP contribution in [0.3, 0.4) is 0 Å². The number of hydrogen-bond donors (Lipinski definition) is 4. The van der Waals surface area contributed by atoms with Crippen molar-refractivity contribution < 1.29 is 30.0 Å². The molecule has 26 heavy (non-hydrogen) atoms. The first-order valence-electron chi connectivity index (χ1n) is 9.87. The molecular weight excluding hydrogens is 336 g/mol. The molecule has 1 spiro atoms. The minimum atomic E-state index is -1.74. The summed E-state index contributed by atoms with van der Waals surface area (Å²) >= 11 is 0. The highest BCUT2D eigenvalue weighted by Crippen LogP contribution is 2.71. The van der Waals surface area contributed by atoms with Gasteiger partial charge in [0.1, 0.15) is 11.7 Å². The molecule has 1 aliphatic heterocycles. The fraction of sp³-hybridized carbons (Fsp3) is 0.950. The Labute approximate surface area is 153 Å². The molecule has 2 bridgehead atoms. The molecule has 1 saturated heterocycles. The highest BCUT2D eigenvalue weighted by atomic mass is 16.6. The number of hydrogen-bond acceptors (Lipinski definition) is 6. The molecule has 5 aliphatic rings. The van der Waals surface area contributed by atoms with E-state index in [9.17, 15) is 25.2 Å². The van der Waals surface area contributed by atoms with Gasteiger partial charge in [0.05, 0.1) is 23.4 Å². The lowest BCUT2D eigenvalue weighted by atomic mass is 9.58. The van der Waals surface area contributed by atoms with Crippen LogP contribution >= 0.6 is 0 Å². The van der Waals surface area contributed by atoms with Gasteiger partial charge >= 0.3 is 0 Å². The van der Waals surface area contributed by atoms with Crippen LogP contribution in [0.5, 0.6) is 0 Å². The third kappa shape index (κ3) is 1.58. The minimum absolute atomic E-state index is 0.0174. The van der Waals surface area contributed by atoms with E-state index in [1.165, 1.54) is 0 Å². The summed E-state index contributed by atoms with van der Waals surface area (Å²) in [6.07, 6.45) is -0.137. The van der Waals surface area contributed by atoms with Gasteiger partial charge in [-0.25, -0.2) is 0 Å². The van der Waals surface area contributed by atoms with E-state index in [0.717, 1.165) is 6.42 Å². The summed E-state index contributed by atoms with van der Waals surface area (Å²) in [6.45, 7) is 7.08. The Hall–Kier alpha value is -0.530. The molecule has 0 aromatic rings. The number of ether oxygens (including phenoxy) is 1. The van der Waals surface area contributed by atoms with Crippen LogP contribution in [-0.2, 0) is 9.53 Å². The third-order valence-corrected chi connectivity index (χ3v) is 9.20. The van der Waals surface area contributed by atoms with E-state index in [0.29, 0.717) is 12.8 Å². The van der Waals surface area contributed by atoms with Crippen molar-refractivity contribution in [3.05, 3.63) is 0 Å². The molecule has 5 fully saturated rings. The second kappa shape index (κ2) is 4.38. The number of ketones is 1. The quantitative estimate of drug-likeness (QED) is 0.462. The molecule has 0 radical (unpaired) electrons. The zero-order valence-corrected chi connectivity index (χ0v) is 15.9. The number of rotatable bonds is 0. The molecule has 6 nitrogen and oxygen atoms in total. The highest BCUT2D eigenvalue weighted by Gasteiger charge is 2.83. The molecule has 4 N–H and O–H groups in total. The van der Waals surface area contributed by atoms with E-state index in [1.807, 2.05) is 13.8 Å². The van der Waals surface area contributed by atoms with Gasteiger partial charge in [-0.05, 0) is 45.4 Å². The van der Waals surface area contributed by atoms with E-state index in [-0.39, 0.29) is 24.5 Å². The van der Waals surface area contributed by atoms with Crippen LogP contribution in [0.2, 0.25) is 0 Å². The Bertz CT molecular complexity index is 698. The lowest BCUT2D eigenvalue weighted by Crippen LogP contribution is -2.63. The van der Waals surface area contributed by atoms with E-state index < -0.39 is 51.4 Å². The first-order chi connectivity index (χ1) is 11.8. The summed E-state index contributed by atoms with van der Waals surface area (Å²) in [7, 11) is 0. The molecule has 10 atom stereocenters. The Kier molecular flexibility index (Phi) is 2.96. The second-order valence-corrected chi connectivity index (χ2v) is 10.8. The normalized spacial score (nSPS) is 65.2. The zero-order chi connectivity index (χ0) is 19.1. The van der Waals surface area contributed by atoms with Crippen molar-refractivity contribution >= 4 is 5.78 Å². The lowest BCUT2D eigenvalue weighted by molar-refractivity contribution is -0.220. The van der Waals surface area contributed by atoms with Crippen molar-refractivity contribution in [1.29, 1.82) is 0 Å². The fourth-order valence-corrected chi connectivity index (χ4v) is 7.87. The number of carbonyl (C=O) groups excluding carboxylic acids is 1. The molecule has 5 rings (SSSR count). The average molecular weight is 366 g/mol. The smallest absolute Gasteiger partial charge is 0.170 e. The van der Waals surface area contributed by atoms with Gasteiger partial charge < -0.3 is 25.2 Å². The van der Waals surface area contributed by atoms with Gasteiger partial charge in [-0.3, -0.25) is 4.79 Å². The predicted molar refractivity (Wildman–Crippen MR) is 91.0 cm³/mol. The molecule has 4 saturated carbocycles. The van der Waals surface area contributed by atoms with Gasteiger partial charge in [-0.15, -0.1) is 0 Å². The number of carbonyl (C=O) groups is 1. The van der Waals surface area contributed by atoms with Gasteiger partial charge in [-0.1, -0.05) is 13.8 Å². The maximum Gasteiger partial charge on any atom is 0.170 e. The lowest BCUT2D eigenvalue weighted by Gasteiger charge is -2.50. The summed E-state index contributed by atoms with van der Waals surface area (Å²) < 4.78 is 5.78. The van der Waals surface area contributed by atoms with Crippen molar-refractivity contribution in [1.82, 2.24) is 0 Å². The first-order valence-corrected chi connectivity index (χ1v) is 9.87. The maximum atomic E-state index is 13.6.